The summed E-state index contributed by atoms with van der Waals surface area (Å²) in [5.74, 6) is 1.05. The molecule has 2 aromatic rings. The van der Waals surface area contributed by atoms with Crippen LogP contribution in [0.2, 0.25) is 0 Å². The van der Waals surface area contributed by atoms with Crippen LogP contribution in [-0.2, 0) is 6.42 Å². The van der Waals surface area contributed by atoms with E-state index in [4.69, 9.17) is 5.26 Å². The molecule has 0 bridgehead atoms. The molecule has 7 atom stereocenters. The van der Waals surface area contributed by atoms with Gasteiger partial charge in [-0.25, -0.2) is 4.39 Å². The Morgan fingerprint density at radius 2 is 1.65 bits per heavy atom. The summed E-state index contributed by atoms with van der Waals surface area (Å²) >= 11 is 0. The standard InChI is InChI=1S/C40H55FN2O3/c1-3-4-5-6-8-11-22-43(39(46)29-16-14-28(27-42)15-17-29)23-12-9-7-10-13-30-24-31-25-32(44)18-19-33(31)38-35(41)26-40(2)34(37(30)38)20-21-36(40)45/h14-19,25,30,34-38,44-45H,3-13,20-24,26H2,1-2H3/t30-,34?,35+,36+,37?,38?,40+/m1/s1. The molecule has 5 nitrogen and oxygen atoms in total. The lowest BCUT2D eigenvalue weighted by atomic mass is 9.51. The van der Waals surface area contributed by atoms with Gasteiger partial charge in [0.1, 0.15) is 11.9 Å². The molecule has 0 saturated heterocycles. The third kappa shape index (κ3) is 7.62. The van der Waals surface area contributed by atoms with Crippen LogP contribution < -0.4 is 0 Å². The van der Waals surface area contributed by atoms with Crippen LogP contribution in [0, 0.1) is 34.5 Å². The maximum Gasteiger partial charge on any atom is 0.253 e. The van der Waals surface area contributed by atoms with Crippen molar-refractivity contribution in [3.8, 4) is 11.8 Å². The Morgan fingerprint density at radius 1 is 0.978 bits per heavy atom. The summed E-state index contributed by atoms with van der Waals surface area (Å²) in [7, 11) is 0. The van der Waals surface area contributed by atoms with Crippen molar-refractivity contribution in [2.75, 3.05) is 13.1 Å². The number of nitrogens with zero attached hydrogens (tertiary/aromatic N) is 2. The molecule has 46 heavy (non-hydrogen) atoms. The summed E-state index contributed by atoms with van der Waals surface area (Å²) in [5, 5.41) is 30.3. The van der Waals surface area contributed by atoms with Crippen molar-refractivity contribution < 1.29 is 19.4 Å². The zero-order valence-corrected chi connectivity index (χ0v) is 28.1. The predicted octanol–water partition coefficient (Wildman–Crippen LogP) is 9.11. The van der Waals surface area contributed by atoms with E-state index in [0.717, 1.165) is 88.4 Å². The number of hydrogen-bond acceptors (Lipinski definition) is 4. The van der Waals surface area contributed by atoms with Gasteiger partial charge in [0.2, 0.25) is 0 Å². The van der Waals surface area contributed by atoms with E-state index < -0.39 is 12.3 Å². The highest BCUT2D eigenvalue weighted by molar-refractivity contribution is 5.94. The van der Waals surface area contributed by atoms with Gasteiger partial charge in [0, 0.05) is 24.6 Å². The lowest BCUT2D eigenvalue weighted by molar-refractivity contribution is -0.0722. The number of aromatic hydroxyl groups is 1. The largest absolute Gasteiger partial charge is 0.508 e. The maximum atomic E-state index is 16.1. The number of halogens is 1. The van der Waals surface area contributed by atoms with Gasteiger partial charge in [-0.05, 0) is 116 Å². The summed E-state index contributed by atoms with van der Waals surface area (Å²) in [5.41, 5.74) is 3.03. The van der Waals surface area contributed by atoms with Gasteiger partial charge in [-0.15, -0.1) is 0 Å². The van der Waals surface area contributed by atoms with Gasteiger partial charge in [-0.1, -0.05) is 71.3 Å². The van der Waals surface area contributed by atoms with Crippen LogP contribution in [0.25, 0.3) is 0 Å². The molecule has 2 fully saturated rings. The van der Waals surface area contributed by atoms with Gasteiger partial charge in [0.05, 0.1) is 17.7 Å². The van der Waals surface area contributed by atoms with E-state index in [2.05, 4.69) is 19.9 Å². The second-order valence-electron chi connectivity index (χ2n) is 14.8. The summed E-state index contributed by atoms with van der Waals surface area (Å²) in [6.45, 7) is 5.84. The molecule has 5 rings (SSSR count). The predicted molar refractivity (Wildman–Crippen MR) is 181 cm³/mol. The Balaban J connectivity index is 1.17. The number of phenols is 1. The monoisotopic (exact) mass is 630 g/mol. The Hall–Kier alpha value is -2.91. The highest BCUT2D eigenvalue weighted by Crippen LogP contribution is 2.63. The number of alkyl halides is 1. The van der Waals surface area contributed by atoms with Crippen LogP contribution in [-0.4, -0.2) is 46.4 Å². The van der Waals surface area contributed by atoms with Crippen molar-refractivity contribution in [3.63, 3.8) is 0 Å². The van der Waals surface area contributed by atoms with Crippen LogP contribution in [0.1, 0.15) is 137 Å². The second kappa shape index (κ2) is 15.8. The fraction of sp³-hybridized carbons (Fsp3) is 0.650. The van der Waals surface area contributed by atoms with Gasteiger partial charge in [-0.3, -0.25) is 4.79 Å². The molecular formula is C40H55FN2O3. The van der Waals surface area contributed by atoms with Gasteiger partial charge < -0.3 is 15.1 Å². The summed E-state index contributed by atoms with van der Waals surface area (Å²) in [6, 6.07) is 14.6. The highest BCUT2D eigenvalue weighted by Gasteiger charge is 2.59. The quantitative estimate of drug-likeness (QED) is 0.192. The van der Waals surface area contributed by atoms with Crippen LogP contribution in [0.15, 0.2) is 42.5 Å². The molecule has 3 aliphatic carbocycles. The molecular weight excluding hydrogens is 575 g/mol. The molecule has 0 spiro atoms. The molecule has 0 aliphatic heterocycles. The number of aliphatic hydroxyl groups is 1. The van der Waals surface area contributed by atoms with Gasteiger partial charge in [-0.2, -0.15) is 5.26 Å². The zero-order chi connectivity index (χ0) is 32.7. The summed E-state index contributed by atoms with van der Waals surface area (Å²) in [4.78, 5) is 15.4. The number of amides is 1. The number of rotatable bonds is 15. The number of benzene rings is 2. The van der Waals surface area contributed by atoms with Crippen LogP contribution >= 0.6 is 0 Å². The number of unbranched alkanes of at least 4 members (excludes halogenated alkanes) is 8. The van der Waals surface area contributed by atoms with Crippen molar-refractivity contribution in [2.45, 2.75) is 128 Å². The molecule has 2 saturated carbocycles. The van der Waals surface area contributed by atoms with Gasteiger partial charge in [0.15, 0.2) is 0 Å². The van der Waals surface area contributed by atoms with Crippen LogP contribution in [0.4, 0.5) is 4.39 Å². The van der Waals surface area contributed by atoms with Crippen molar-refractivity contribution in [2.24, 2.45) is 23.2 Å². The first kappa shape index (κ1) is 34.4. The smallest absolute Gasteiger partial charge is 0.253 e. The normalized spacial score (nSPS) is 28.2. The summed E-state index contributed by atoms with van der Waals surface area (Å²) in [6.07, 6.45) is 13.9. The molecule has 2 N–H and O–H groups in total. The second-order valence-corrected chi connectivity index (χ2v) is 14.8. The van der Waals surface area contributed by atoms with E-state index in [1.165, 1.54) is 25.7 Å². The molecule has 0 radical (unpaired) electrons. The third-order valence-electron chi connectivity index (χ3n) is 11.9. The molecule has 1 amide bonds. The fourth-order valence-corrected chi connectivity index (χ4v) is 9.36. The molecule has 2 aromatic carbocycles. The first-order chi connectivity index (χ1) is 22.3. The lowest BCUT2D eigenvalue weighted by Gasteiger charge is -2.54. The minimum Gasteiger partial charge on any atom is -0.508 e. The van der Waals surface area contributed by atoms with E-state index in [1.54, 1.807) is 30.3 Å². The SMILES string of the molecule is CCCCCCCCN(CCCCCC[C@@H]1Cc2cc(O)ccc2C2C1C1CC[C@H](O)[C@@]1(C)C[C@@H]2F)C(=O)c1ccc(C#N)cc1. The van der Waals surface area contributed by atoms with Crippen LogP contribution in [0.3, 0.4) is 0 Å². The Labute approximate surface area is 276 Å². The molecule has 3 unspecified atom stereocenters. The van der Waals surface area contributed by atoms with Crippen molar-refractivity contribution in [3.05, 3.63) is 64.7 Å². The maximum absolute atomic E-state index is 16.1. The topological polar surface area (TPSA) is 84.6 Å². The number of phenolic OH excluding ortho intramolecular Hbond substituents is 1. The molecule has 3 aliphatic rings. The molecule has 250 valence electrons. The van der Waals surface area contributed by atoms with Crippen molar-refractivity contribution in [1.29, 1.82) is 5.26 Å². The number of aliphatic hydroxyl groups excluding tert-OH is 1. The minimum absolute atomic E-state index is 0.0492. The Morgan fingerprint density at radius 3 is 2.35 bits per heavy atom. The molecule has 0 aromatic heterocycles. The fourth-order valence-electron chi connectivity index (χ4n) is 9.36. The van der Waals surface area contributed by atoms with Crippen molar-refractivity contribution in [1.82, 2.24) is 4.90 Å². The van der Waals surface area contributed by atoms with E-state index in [1.807, 2.05) is 17.0 Å². The van der Waals surface area contributed by atoms with E-state index >= 15 is 4.39 Å². The minimum atomic E-state index is -0.976. The first-order valence-corrected chi connectivity index (χ1v) is 18.2. The number of nitriles is 1. The van der Waals surface area contributed by atoms with Gasteiger partial charge >= 0.3 is 0 Å². The number of hydrogen-bond donors (Lipinski definition) is 2. The number of carbonyl (C=O) groups is 1. The average molecular weight is 631 g/mol. The molecule has 6 heteroatoms. The summed E-state index contributed by atoms with van der Waals surface area (Å²) < 4.78 is 16.1. The molecule has 0 heterocycles. The van der Waals surface area contributed by atoms with E-state index in [0.29, 0.717) is 29.4 Å². The number of carbonyl (C=O) groups excluding carboxylic acids is 1. The lowest BCUT2D eigenvalue weighted by Crippen LogP contribution is -2.51. The Kier molecular flexibility index (Phi) is 11.8. The van der Waals surface area contributed by atoms with E-state index in [-0.39, 0.29) is 28.9 Å². The number of fused-ring (bicyclic) bond motifs is 5. The first-order valence-electron chi connectivity index (χ1n) is 18.2. The average Bonchev–Trinajstić information content (AvgIpc) is 3.35. The van der Waals surface area contributed by atoms with Crippen LogP contribution in [0.5, 0.6) is 5.75 Å². The third-order valence-corrected chi connectivity index (χ3v) is 11.9. The zero-order valence-electron chi connectivity index (χ0n) is 28.1. The van der Waals surface area contributed by atoms with E-state index in [9.17, 15) is 15.0 Å². The Bertz CT molecular complexity index is 1340. The van der Waals surface area contributed by atoms with Crippen molar-refractivity contribution >= 4 is 5.91 Å². The van der Waals surface area contributed by atoms with Gasteiger partial charge in [0.25, 0.3) is 5.91 Å². The highest BCUT2D eigenvalue weighted by atomic mass is 19.1.